The molecular formula is C12H11NO2. The Balaban J connectivity index is 2.42. The number of aromatic nitrogens is 1. The Labute approximate surface area is 86.7 Å². The molecule has 0 atom stereocenters. The maximum atomic E-state index is 11.1. The first-order valence-corrected chi connectivity index (χ1v) is 5.12. The predicted molar refractivity (Wildman–Crippen MR) is 57.3 cm³/mol. The van der Waals surface area contributed by atoms with Crippen molar-refractivity contribution in [2.45, 2.75) is 19.3 Å². The topological polar surface area (TPSA) is 53.1 Å². The van der Waals surface area contributed by atoms with Crippen LogP contribution < -0.4 is 0 Å². The van der Waals surface area contributed by atoms with Gasteiger partial charge < -0.3 is 10.1 Å². The lowest BCUT2D eigenvalue weighted by molar-refractivity contribution is 0.0696. The number of H-pyrrole nitrogens is 1. The zero-order valence-corrected chi connectivity index (χ0v) is 8.21. The largest absolute Gasteiger partial charge is 0.478 e. The SMILES string of the molecule is O=C(O)c1ccc2[nH]cc3c2c1CCC3. The molecule has 1 aromatic heterocycles. The summed E-state index contributed by atoms with van der Waals surface area (Å²) in [5.41, 5.74) is 3.78. The van der Waals surface area contributed by atoms with Crippen molar-refractivity contribution >= 4 is 16.9 Å². The average molecular weight is 201 g/mol. The molecule has 15 heavy (non-hydrogen) atoms. The molecule has 0 bridgehead atoms. The van der Waals surface area contributed by atoms with E-state index in [1.54, 1.807) is 6.07 Å². The van der Waals surface area contributed by atoms with Crippen molar-refractivity contribution in [3.05, 3.63) is 35.0 Å². The van der Waals surface area contributed by atoms with Gasteiger partial charge in [-0.05, 0) is 42.5 Å². The summed E-state index contributed by atoms with van der Waals surface area (Å²) in [6.45, 7) is 0. The Morgan fingerprint density at radius 3 is 3.00 bits per heavy atom. The first-order valence-electron chi connectivity index (χ1n) is 5.12. The Hall–Kier alpha value is -1.77. The molecule has 3 heteroatoms. The van der Waals surface area contributed by atoms with Crippen LogP contribution in [0.3, 0.4) is 0 Å². The van der Waals surface area contributed by atoms with E-state index in [4.69, 9.17) is 5.11 Å². The molecule has 1 aromatic carbocycles. The van der Waals surface area contributed by atoms with Gasteiger partial charge in [-0.2, -0.15) is 0 Å². The van der Waals surface area contributed by atoms with Gasteiger partial charge in [0.05, 0.1) is 5.56 Å². The number of aromatic carboxylic acids is 1. The van der Waals surface area contributed by atoms with E-state index < -0.39 is 5.97 Å². The number of carboxylic acids is 1. The van der Waals surface area contributed by atoms with Crippen LogP contribution in [-0.4, -0.2) is 16.1 Å². The summed E-state index contributed by atoms with van der Waals surface area (Å²) in [6.07, 6.45) is 4.98. The van der Waals surface area contributed by atoms with Gasteiger partial charge in [0, 0.05) is 17.1 Å². The molecule has 1 heterocycles. The van der Waals surface area contributed by atoms with Gasteiger partial charge in [-0.25, -0.2) is 4.79 Å². The molecule has 1 aliphatic carbocycles. The Bertz CT molecular complexity index is 554. The zero-order valence-electron chi connectivity index (χ0n) is 8.21. The monoisotopic (exact) mass is 201 g/mol. The van der Waals surface area contributed by atoms with Gasteiger partial charge in [-0.1, -0.05) is 0 Å². The standard InChI is InChI=1S/C12H11NO2/c14-12(15)9-4-5-10-11-7(6-13-10)2-1-3-8(9)11/h4-6,13H,1-3H2,(H,14,15). The van der Waals surface area contributed by atoms with Crippen molar-refractivity contribution in [2.24, 2.45) is 0 Å². The van der Waals surface area contributed by atoms with Crippen LogP contribution in [0.15, 0.2) is 18.3 Å². The maximum Gasteiger partial charge on any atom is 0.335 e. The van der Waals surface area contributed by atoms with E-state index in [2.05, 4.69) is 4.98 Å². The van der Waals surface area contributed by atoms with Crippen LogP contribution >= 0.6 is 0 Å². The summed E-state index contributed by atoms with van der Waals surface area (Å²) in [6, 6.07) is 3.56. The van der Waals surface area contributed by atoms with Gasteiger partial charge in [0.25, 0.3) is 0 Å². The molecule has 0 fully saturated rings. The first-order chi connectivity index (χ1) is 7.27. The lowest BCUT2D eigenvalue weighted by Gasteiger charge is -2.14. The molecule has 3 rings (SSSR count). The fourth-order valence-corrected chi connectivity index (χ4v) is 2.48. The van der Waals surface area contributed by atoms with Crippen molar-refractivity contribution < 1.29 is 9.90 Å². The number of benzene rings is 1. The lowest BCUT2D eigenvalue weighted by Crippen LogP contribution is -2.07. The highest BCUT2D eigenvalue weighted by Crippen LogP contribution is 2.31. The molecule has 0 saturated heterocycles. The van der Waals surface area contributed by atoms with Crippen LogP contribution in [0.4, 0.5) is 0 Å². The summed E-state index contributed by atoms with van der Waals surface area (Å²) in [5, 5.41) is 10.2. The Morgan fingerprint density at radius 2 is 2.20 bits per heavy atom. The van der Waals surface area contributed by atoms with Crippen LogP contribution in [0.5, 0.6) is 0 Å². The van der Waals surface area contributed by atoms with Crippen LogP contribution in [-0.2, 0) is 12.8 Å². The van der Waals surface area contributed by atoms with E-state index in [0.29, 0.717) is 5.56 Å². The van der Waals surface area contributed by atoms with Crippen LogP contribution in [0, 0.1) is 0 Å². The molecular weight excluding hydrogens is 190 g/mol. The van der Waals surface area contributed by atoms with Gasteiger partial charge in [-0.3, -0.25) is 0 Å². The minimum Gasteiger partial charge on any atom is -0.478 e. The summed E-state index contributed by atoms with van der Waals surface area (Å²) in [7, 11) is 0. The molecule has 0 saturated carbocycles. The van der Waals surface area contributed by atoms with Crippen LogP contribution in [0.25, 0.3) is 10.9 Å². The summed E-state index contributed by atoms with van der Waals surface area (Å²) >= 11 is 0. The number of carboxylic acid groups (broad SMARTS) is 1. The number of hydrogen-bond donors (Lipinski definition) is 2. The average Bonchev–Trinajstić information content (AvgIpc) is 2.64. The molecule has 0 radical (unpaired) electrons. The quantitative estimate of drug-likeness (QED) is 0.744. The second-order valence-corrected chi connectivity index (χ2v) is 3.99. The number of aryl methyl sites for hydroxylation is 2. The molecule has 3 nitrogen and oxygen atoms in total. The van der Waals surface area contributed by atoms with E-state index in [0.717, 1.165) is 35.7 Å². The fourth-order valence-electron chi connectivity index (χ4n) is 2.48. The minimum atomic E-state index is -0.819. The number of nitrogens with one attached hydrogen (secondary N) is 1. The van der Waals surface area contributed by atoms with Gasteiger partial charge in [0.1, 0.15) is 0 Å². The third-order valence-corrected chi connectivity index (χ3v) is 3.14. The molecule has 1 aliphatic rings. The zero-order chi connectivity index (χ0) is 10.4. The van der Waals surface area contributed by atoms with Crippen molar-refractivity contribution in [3.63, 3.8) is 0 Å². The van der Waals surface area contributed by atoms with Crippen molar-refractivity contribution in [3.8, 4) is 0 Å². The molecule has 0 spiro atoms. The third-order valence-electron chi connectivity index (χ3n) is 3.14. The molecule has 2 N–H and O–H groups in total. The van der Waals surface area contributed by atoms with Crippen molar-refractivity contribution in [1.29, 1.82) is 0 Å². The number of aromatic amines is 1. The molecule has 76 valence electrons. The maximum absolute atomic E-state index is 11.1. The highest BCUT2D eigenvalue weighted by atomic mass is 16.4. The summed E-state index contributed by atoms with van der Waals surface area (Å²) in [5.74, 6) is -0.819. The van der Waals surface area contributed by atoms with E-state index >= 15 is 0 Å². The van der Waals surface area contributed by atoms with Gasteiger partial charge >= 0.3 is 5.97 Å². The number of rotatable bonds is 1. The third kappa shape index (κ3) is 1.09. The Kier molecular flexibility index (Phi) is 1.63. The Morgan fingerprint density at radius 1 is 1.33 bits per heavy atom. The highest BCUT2D eigenvalue weighted by molar-refractivity contribution is 5.98. The second-order valence-electron chi connectivity index (χ2n) is 3.99. The van der Waals surface area contributed by atoms with Crippen LogP contribution in [0.2, 0.25) is 0 Å². The van der Waals surface area contributed by atoms with Gasteiger partial charge in [0.2, 0.25) is 0 Å². The lowest BCUT2D eigenvalue weighted by atomic mass is 9.89. The molecule has 0 unspecified atom stereocenters. The second kappa shape index (κ2) is 2.86. The predicted octanol–water partition coefficient (Wildman–Crippen LogP) is 2.35. The number of hydrogen-bond acceptors (Lipinski definition) is 1. The highest BCUT2D eigenvalue weighted by Gasteiger charge is 2.19. The fraction of sp³-hybridized carbons (Fsp3) is 0.250. The normalized spacial score (nSPS) is 14.4. The van der Waals surface area contributed by atoms with E-state index in [-0.39, 0.29) is 0 Å². The minimum absolute atomic E-state index is 0.461. The summed E-state index contributed by atoms with van der Waals surface area (Å²) < 4.78 is 0. The molecule has 0 aliphatic heterocycles. The smallest absolute Gasteiger partial charge is 0.335 e. The number of carbonyl (C=O) groups is 1. The van der Waals surface area contributed by atoms with E-state index in [1.807, 2.05) is 12.3 Å². The first kappa shape index (κ1) is 8.53. The molecule has 0 amide bonds. The van der Waals surface area contributed by atoms with Crippen molar-refractivity contribution in [1.82, 2.24) is 4.98 Å². The molecule has 2 aromatic rings. The van der Waals surface area contributed by atoms with Gasteiger partial charge in [0.15, 0.2) is 0 Å². The van der Waals surface area contributed by atoms with E-state index in [1.165, 1.54) is 5.56 Å². The van der Waals surface area contributed by atoms with Crippen LogP contribution in [0.1, 0.15) is 27.9 Å². The van der Waals surface area contributed by atoms with E-state index in [9.17, 15) is 4.79 Å². The van der Waals surface area contributed by atoms with Crippen molar-refractivity contribution in [2.75, 3.05) is 0 Å². The van der Waals surface area contributed by atoms with Gasteiger partial charge in [-0.15, -0.1) is 0 Å². The summed E-state index contributed by atoms with van der Waals surface area (Å²) in [4.78, 5) is 14.3.